The molecule has 3 rings (SSSR count). The zero-order valence-corrected chi connectivity index (χ0v) is 15.9. The number of hydrogen-bond acceptors (Lipinski definition) is 4. The second-order valence-electron chi connectivity index (χ2n) is 6.21. The highest BCUT2D eigenvalue weighted by atomic mass is 32.2. The molecule has 0 aliphatic carbocycles. The molecule has 0 spiro atoms. The van der Waals surface area contributed by atoms with Crippen molar-refractivity contribution in [3.05, 3.63) is 71.8 Å². The first-order valence-corrected chi connectivity index (χ1v) is 9.79. The molecule has 0 saturated heterocycles. The molecule has 0 saturated carbocycles. The first kappa shape index (κ1) is 18.9. The Bertz CT molecular complexity index is 1100. The van der Waals surface area contributed by atoms with Crippen LogP contribution in [0.25, 0.3) is 10.8 Å². The van der Waals surface area contributed by atoms with Gasteiger partial charge in [-0.2, -0.15) is 0 Å². The van der Waals surface area contributed by atoms with E-state index in [2.05, 4.69) is 0 Å². The zero-order valence-electron chi connectivity index (χ0n) is 15.0. The molecule has 0 aromatic heterocycles. The normalized spacial score (nSPS) is 11.4. The Morgan fingerprint density at radius 2 is 1.78 bits per heavy atom. The van der Waals surface area contributed by atoms with Crippen LogP contribution in [0.4, 0.5) is 0 Å². The quantitative estimate of drug-likeness (QED) is 0.732. The van der Waals surface area contributed by atoms with Gasteiger partial charge in [-0.05, 0) is 34.5 Å². The molecule has 0 unspecified atom stereocenters. The third-order valence-corrected chi connectivity index (χ3v) is 5.28. The van der Waals surface area contributed by atoms with Crippen LogP contribution in [-0.2, 0) is 16.6 Å². The van der Waals surface area contributed by atoms with Crippen molar-refractivity contribution in [2.45, 2.75) is 11.4 Å². The van der Waals surface area contributed by atoms with Crippen LogP contribution in [0.1, 0.15) is 15.9 Å². The van der Waals surface area contributed by atoms with E-state index >= 15 is 0 Å². The lowest BCUT2D eigenvalue weighted by molar-refractivity contribution is 0.0782. The molecule has 27 heavy (non-hydrogen) atoms. The number of rotatable bonds is 5. The Morgan fingerprint density at radius 1 is 1.07 bits per heavy atom. The molecule has 0 bridgehead atoms. The van der Waals surface area contributed by atoms with E-state index in [9.17, 15) is 13.2 Å². The summed E-state index contributed by atoms with van der Waals surface area (Å²) in [5.41, 5.74) is 1.14. The van der Waals surface area contributed by atoms with Crippen molar-refractivity contribution in [3.63, 3.8) is 0 Å². The number of amides is 1. The summed E-state index contributed by atoms with van der Waals surface area (Å²) in [6.07, 6.45) is 0. The molecule has 3 aromatic rings. The zero-order chi connectivity index (χ0) is 19.6. The maximum Gasteiger partial charge on any atom is 0.257 e. The summed E-state index contributed by atoms with van der Waals surface area (Å²) in [7, 11) is -0.840. The molecule has 0 fully saturated rings. The van der Waals surface area contributed by atoms with Gasteiger partial charge >= 0.3 is 0 Å². The van der Waals surface area contributed by atoms with Gasteiger partial charge in [0, 0.05) is 13.6 Å². The van der Waals surface area contributed by atoms with Gasteiger partial charge in [-0.3, -0.25) is 4.79 Å². The van der Waals surface area contributed by atoms with Gasteiger partial charge in [-0.1, -0.05) is 42.5 Å². The van der Waals surface area contributed by atoms with E-state index < -0.39 is 10.0 Å². The number of hydrogen-bond donors (Lipinski definition) is 1. The molecule has 6 nitrogen and oxygen atoms in total. The largest absolute Gasteiger partial charge is 0.496 e. The molecule has 1 amide bonds. The van der Waals surface area contributed by atoms with Gasteiger partial charge in [0.25, 0.3) is 5.91 Å². The Kier molecular flexibility index (Phi) is 5.16. The summed E-state index contributed by atoms with van der Waals surface area (Å²) in [5.74, 6) is -0.0672. The second kappa shape index (κ2) is 7.38. The molecule has 0 heterocycles. The number of ether oxygens (including phenoxy) is 1. The van der Waals surface area contributed by atoms with E-state index in [1.54, 1.807) is 7.05 Å². The number of methoxy groups -OCH3 is 1. The number of benzene rings is 3. The van der Waals surface area contributed by atoms with Crippen LogP contribution >= 0.6 is 0 Å². The van der Waals surface area contributed by atoms with Gasteiger partial charge in [0.2, 0.25) is 10.0 Å². The van der Waals surface area contributed by atoms with E-state index in [4.69, 9.17) is 9.88 Å². The summed E-state index contributed by atoms with van der Waals surface area (Å²) in [4.78, 5) is 14.3. The number of nitrogens with zero attached hydrogens (tertiary/aromatic N) is 1. The van der Waals surface area contributed by atoms with E-state index in [0.717, 1.165) is 16.3 Å². The van der Waals surface area contributed by atoms with Crippen molar-refractivity contribution in [2.24, 2.45) is 5.14 Å². The van der Waals surface area contributed by atoms with Gasteiger partial charge in [-0.25, -0.2) is 13.6 Å². The fraction of sp³-hybridized carbons (Fsp3) is 0.150. The smallest absolute Gasteiger partial charge is 0.257 e. The summed E-state index contributed by atoms with van der Waals surface area (Å²) >= 11 is 0. The molecule has 2 N–H and O–H groups in total. The third-order valence-electron chi connectivity index (χ3n) is 4.36. The van der Waals surface area contributed by atoms with E-state index in [-0.39, 0.29) is 22.1 Å². The molecule has 140 valence electrons. The Morgan fingerprint density at radius 3 is 2.48 bits per heavy atom. The molecule has 3 aromatic carbocycles. The van der Waals surface area contributed by atoms with Crippen LogP contribution in [0, 0.1) is 0 Å². The lowest BCUT2D eigenvalue weighted by Gasteiger charge is -2.20. The molecular formula is C20H20N2O4S. The first-order chi connectivity index (χ1) is 12.8. The highest BCUT2D eigenvalue weighted by Crippen LogP contribution is 2.25. The molecule has 0 atom stereocenters. The van der Waals surface area contributed by atoms with Crippen LogP contribution in [0.3, 0.4) is 0 Å². The van der Waals surface area contributed by atoms with Gasteiger partial charge in [0.1, 0.15) is 5.75 Å². The van der Waals surface area contributed by atoms with Crippen LogP contribution < -0.4 is 9.88 Å². The van der Waals surface area contributed by atoms with E-state index in [0.29, 0.717) is 6.54 Å². The van der Waals surface area contributed by atoms with Gasteiger partial charge in [-0.15, -0.1) is 0 Å². The minimum Gasteiger partial charge on any atom is -0.496 e. The number of fused-ring (bicyclic) bond motifs is 1. The van der Waals surface area contributed by atoms with Gasteiger partial charge in [0.05, 0.1) is 17.6 Å². The van der Waals surface area contributed by atoms with Crippen molar-refractivity contribution in [1.29, 1.82) is 0 Å². The maximum absolute atomic E-state index is 13.0. The fourth-order valence-corrected chi connectivity index (χ4v) is 3.53. The number of carbonyl (C=O) groups excluding carboxylic acids is 1. The van der Waals surface area contributed by atoms with Crippen LogP contribution in [0.15, 0.2) is 65.6 Å². The fourth-order valence-electron chi connectivity index (χ4n) is 2.99. The average molecular weight is 384 g/mol. The maximum atomic E-state index is 13.0. The standard InChI is InChI=1S/C20H20N2O4S/c1-22(13-15-8-5-7-14-6-3-4-9-17(14)15)20(23)18-12-16(27(21,24)25)10-11-19(18)26-2/h3-12H,13H2,1-2H3,(H2,21,24,25). The number of nitrogens with two attached hydrogens (primary N) is 1. The van der Waals surface area contributed by atoms with E-state index in [1.807, 2.05) is 42.5 Å². The topological polar surface area (TPSA) is 89.7 Å². The first-order valence-electron chi connectivity index (χ1n) is 8.24. The minimum absolute atomic E-state index is 0.134. The molecule has 0 aliphatic rings. The highest BCUT2D eigenvalue weighted by molar-refractivity contribution is 7.89. The lowest BCUT2D eigenvalue weighted by Crippen LogP contribution is -2.27. The SMILES string of the molecule is COc1ccc(S(N)(=O)=O)cc1C(=O)N(C)Cc1cccc2ccccc12. The Labute approximate surface area is 158 Å². The lowest BCUT2D eigenvalue weighted by atomic mass is 10.0. The highest BCUT2D eigenvalue weighted by Gasteiger charge is 2.20. The Hall–Kier alpha value is -2.90. The third kappa shape index (κ3) is 3.94. The number of sulfonamides is 1. The number of carbonyl (C=O) groups is 1. The van der Waals surface area contributed by atoms with Gasteiger partial charge in [0.15, 0.2) is 0 Å². The number of primary sulfonamides is 1. The average Bonchev–Trinajstić information content (AvgIpc) is 2.66. The summed E-state index contributed by atoms with van der Waals surface area (Å²) < 4.78 is 28.5. The van der Waals surface area contributed by atoms with Crippen molar-refractivity contribution in [2.75, 3.05) is 14.2 Å². The van der Waals surface area contributed by atoms with Crippen molar-refractivity contribution >= 4 is 26.7 Å². The predicted octanol–water partition coefficient (Wildman–Crippen LogP) is 2.77. The van der Waals surface area contributed by atoms with E-state index in [1.165, 1.54) is 30.2 Å². The predicted molar refractivity (Wildman–Crippen MR) is 104 cm³/mol. The van der Waals surface area contributed by atoms with Crippen LogP contribution in [0.5, 0.6) is 5.75 Å². The van der Waals surface area contributed by atoms with Crippen molar-refractivity contribution in [3.8, 4) is 5.75 Å². The van der Waals surface area contributed by atoms with Gasteiger partial charge < -0.3 is 9.64 Å². The van der Waals surface area contributed by atoms with Crippen LogP contribution in [0.2, 0.25) is 0 Å². The summed E-state index contributed by atoms with van der Waals surface area (Å²) in [6.45, 7) is 0.364. The molecule has 0 radical (unpaired) electrons. The molecule has 0 aliphatic heterocycles. The molecule has 7 heteroatoms. The van der Waals surface area contributed by atoms with Crippen molar-refractivity contribution in [1.82, 2.24) is 4.90 Å². The Balaban J connectivity index is 1.95. The second-order valence-corrected chi connectivity index (χ2v) is 7.77. The summed E-state index contributed by atoms with van der Waals surface area (Å²) in [6, 6.07) is 17.8. The monoisotopic (exact) mass is 384 g/mol. The summed E-state index contributed by atoms with van der Waals surface area (Å²) in [5, 5.41) is 7.33. The van der Waals surface area contributed by atoms with Crippen molar-refractivity contribution < 1.29 is 17.9 Å². The van der Waals surface area contributed by atoms with Crippen LogP contribution in [-0.4, -0.2) is 33.4 Å². The molecular weight excluding hydrogens is 364 g/mol. The minimum atomic E-state index is -3.92.